The third-order valence-corrected chi connectivity index (χ3v) is 7.19. The monoisotopic (exact) mass is 536 g/mol. The number of nitrogens with zero attached hydrogens (tertiary/aromatic N) is 6. The van der Waals surface area contributed by atoms with E-state index in [1.807, 2.05) is 52.1 Å². The molecule has 2 heterocycles. The summed E-state index contributed by atoms with van der Waals surface area (Å²) in [6.07, 6.45) is 2.11. The van der Waals surface area contributed by atoms with Crippen LogP contribution in [0.2, 0.25) is 0 Å². The van der Waals surface area contributed by atoms with Gasteiger partial charge >= 0.3 is 0 Å². The lowest BCUT2D eigenvalue weighted by molar-refractivity contribution is 0.365. The first-order chi connectivity index (χ1) is 18.5. The Hall–Kier alpha value is -3.34. The van der Waals surface area contributed by atoms with Gasteiger partial charge in [0.25, 0.3) is 16.7 Å². The first-order valence-electron chi connectivity index (χ1n) is 13.5. The van der Waals surface area contributed by atoms with Crippen molar-refractivity contribution >= 4 is 21.5 Å². The SMILES string of the molecule is CN(C)CCCN=c1cc2c(=O)n(CCCN(C)C)c(=O)c3ccc4c(O)n(CCCN(C)C)c(=O)c1c4c3-2. The van der Waals surface area contributed by atoms with Crippen LogP contribution in [0.4, 0.5) is 0 Å². The second kappa shape index (κ2) is 11.8. The topological polar surface area (TPSA) is 103 Å². The van der Waals surface area contributed by atoms with Gasteiger partial charge in [-0.2, -0.15) is 0 Å². The summed E-state index contributed by atoms with van der Waals surface area (Å²) in [5.41, 5.74) is -0.341. The van der Waals surface area contributed by atoms with Crippen molar-refractivity contribution in [1.29, 1.82) is 0 Å². The molecular formula is C29H40N6O4. The molecule has 2 aliphatic rings. The Labute approximate surface area is 228 Å². The average Bonchev–Trinajstić information content (AvgIpc) is 2.87. The van der Waals surface area contributed by atoms with E-state index in [-0.39, 0.29) is 22.6 Å². The normalized spacial score (nSPS) is 13.0. The van der Waals surface area contributed by atoms with Crippen molar-refractivity contribution < 1.29 is 5.11 Å². The zero-order valence-electron chi connectivity index (χ0n) is 24.0. The van der Waals surface area contributed by atoms with Crippen LogP contribution >= 0.6 is 0 Å². The van der Waals surface area contributed by atoms with Gasteiger partial charge in [-0.05, 0) is 99.4 Å². The van der Waals surface area contributed by atoms with Gasteiger partial charge in [0.1, 0.15) is 0 Å². The number of aromatic nitrogens is 2. The van der Waals surface area contributed by atoms with Crippen molar-refractivity contribution in [2.45, 2.75) is 32.4 Å². The maximum Gasteiger partial charge on any atom is 0.263 e. The highest BCUT2D eigenvalue weighted by atomic mass is 16.3. The van der Waals surface area contributed by atoms with Crippen LogP contribution in [0.15, 0.2) is 37.6 Å². The summed E-state index contributed by atoms with van der Waals surface area (Å²) in [6.45, 7) is 3.45. The quantitative estimate of drug-likeness (QED) is 0.214. The van der Waals surface area contributed by atoms with E-state index in [1.54, 1.807) is 18.2 Å². The summed E-state index contributed by atoms with van der Waals surface area (Å²) in [5, 5.41) is 13.3. The smallest absolute Gasteiger partial charge is 0.263 e. The summed E-state index contributed by atoms with van der Waals surface area (Å²) in [4.78, 5) is 52.0. The van der Waals surface area contributed by atoms with Gasteiger partial charge < -0.3 is 19.8 Å². The van der Waals surface area contributed by atoms with Gasteiger partial charge in [0, 0.05) is 41.4 Å². The predicted octanol–water partition coefficient (Wildman–Crippen LogP) is 1.12. The van der Waals surface area contributed by atoms with Crippen molar-refractivity contribution in [1.82, 2.24) is 23.8 Å². The molecule has 210 valence electrons. The van der Waals surface area contributed by atoms with Crippen molar-refractivity contribution in [2.75, 3.05) is 68.5 Å². The van der Waals surface area contributed by atoms with E-state index < -0.39 is 0 Å². The van der Waals surface area contributed by atoms with Crippen LogP contribution in [0.1, 0.15) is 19.3 Å². The molecule has 2 aromatic rings. The minimum absolute atomic E-state index is 0.151. The molecule has 0 saturated carbocycles. The van der Waals surface area contributed by atoms with Crippen LogP contribution in [-0.2, 0) is 13.1 Å². The number of aromatic hydroxyl groups is 1. The molecule has 0 amide bonds. The lowest BCUT2D eigenvalue weighted by Gasteiger charge is -2.20. The van der Waals surface area contributed by atoms with Crippen molar-refractivity contribution in [3.05, 3.63) is 54.6 Å². The predicted molar refractivity (Wildman–Crippen MR) is 157 cm³/mol. The molecule has 1 aliphatic heterocycles. The van der Waals surface area contributed by atoms with E-state index in [0.29, 0.717) is 70.5 Å². The van der Waals surface area contributed by atoms with Crippen LogP contribution in [0, 0.1) is 0 Å². The molecule has 39 heavy (non-hydrogen) atoms. The largest absolute Gasteiger partial charge is 0.494 e. The maximum atomic E-state index is 13.9. The number of benzene rings is 2. The van der Waals surface area contributed by atoms with Crippen LogP contribution in [0.25, 0.3) is 32.7 Å². The van der Waals surface area contributed by atoms with Crippen LogP contribution in [0.3, 0.4) is 0 Å². The molecular weight excluding hydrogens is 496 g/mol. The average molecular weight is 537 g/mol. The lowest BCUT2D eigenvalue weighted by Crippen LogP contribution is -2.37. The standard InChI is InChI=1S/C29H40N6O4/c1-31(2)13-7-12-30-22-18-21-23-19(26(36)34(28(21)38)16-8-14-32(3)4)10-11-20-24(23)25(22)29(39)35(27(20)37)17-9-15-33(5)6/h10-11,18,37H,7-9,12-17H2,1-6H3. The van der Waals surface area contributed by atoms with Crippen LogP contribution < -0.4 is 22.0 Å². The molecule has 1 N–H and O–H groups in total. The summed E-state index contributed by atoms with van der Waals surface area (Å²) < 4.78 is 2.68. The van der Waals surface area contributed by atoms with Gasteiger partial charge in [-0.25, -0.2) is 0 Å². The highest BCUT2D eigenvalue weighted by Crippen LogP contribution is 2.36. The summed E-state index contributed by atoms with van der Waals surface area (Å²) in [5.74, 6) is -0.151. The zero-order chi connectivity index (χ0) is 28.4. The number of hydrogen-bond acceptors (Lipinski definition) is 8. The number of rotatable bonds is 12. The first kappa shape index (κ1) is 28.7. The second-order valence-electron chi connectivity index (χ2n) is 11.1. The van der Waals surface area contributed by atoms with Crippen molar-refractivity contribution in [2.24, 2.45) is 4.99 Å². The Morgan fingerprint density at radius 3 is 1.90 bits per heavy atom. The number of hydrogen-bond donors (Lipinski definition) is 1. The molecule has 0 radical (unpaired) electrons. The second-order valence-corrected chi connectivity index (χ2v) is 11.1. The molecule has 1 aromatic heterocycles. The molecule has 0 saturated heterocycles. The molecule has 10 nitrogen and oxygen atoms in total. The molecule has 0 fully saturated rings. The van der Waals surface area contributed by atoms with Crippen molar-refractivity contribution in [3.63, 3.8) is 0 Å². The fourth-order valence-corrected chi connectivity index (χ4v) is 5.27. The molecule has 0 atom stereocenters. The van der Waals surface area contributed by atoms with Crippen molar-refractivity contribution in [3.8, 4) is 17.0 Å². The minimum Gasteiger partial charge on any atom is -0.494 e. The molecule has 10 heteroatoms. The molecule has 0 unspecified atom stereocenters. The van der Waals surface area contributed by atoms with Crippen LogP contribution in [-0.4, -0.2) is 97.4 Å². The van der Waals surface area contributed by atoms with Gasteiger partial charge in [-0.3, -0.25) is 28.5 Å². The van der Waals surface area contributed by atoms with Gasteiger partial charge in [0.2, 0.25) is 5.88 Å². The highest BCUT2D eigenvalue weighted by Gasteiger charge is 2.26. The Balaban J connectivity index is 2.03. The van der Waals surface area contributed by atoms with E-state index in [2.05, 4.69) is 4.90 Å². The Bertz CT molecular complexity index is 1650. The molecule has 0 bridgehead atoms. The Morgan fingerprint density at radius 1 is 0.718 bits per heavy atom. The maximum absolute atomic E-state index is 13.9. The third kappa shape index (κ3) is 5.68. The molecule has 1 aromatic carbocycles. The van der Waals surface area contributed by atoms with E-state index in [1.165, 1.54) is 9.13 Å². The fraction of sp³-hybridized carbons (Fsp3) is 0.517. The Kier molecular flexibility index (Phi) is 8.68. The van der Waals surface area contributed by atoms with Gasteiger partial charge in [-0.15, -0.1) is 0 Å². The van der Waals surface area contributed by atoms with Gasteiger partial charge in [0.05, 0.1) is 16.3 Å². The third-order valence-electron chi connectivity index (χ3n) is 7.19. The highest BCUT2D eigenvalue weighted by molar-refractivity contribution is 6.15. The Morgan fingerprint density at radius 2 is 1.28 bits per heavy atom. The summed E-state index contributed by atoms with van der Waals surface area (Å²) >= 11 is 0. The lowest BCUT2D eigenvalue weighted by atomic mass is 9.90. The fourth-order valence-electron chi connectivity index (χ4n) is 5.27. The minimum atomic E-state index is -0.389. The van der Waals surface area contributed by atoms with E-state index in [9.17, 15) is 19.5 Å². The zero-order valence-corrected chi connectivity index (χ0v) is 24.0. The van der Waals surface area contributed by atoms with Gasteiger partial charge in [-0.1, -0.05) is 0 Å². The molecule has 0 spiro atoms. The van der Waals surface area contributed by atoms with Crippen LogP contribution in [0.5, 0.6) is 5.88 Å². The number of pyridine rings is 2. The van der Waals surface area contributed by atoms with E-state index >= 15 is 0 Å². The molecule has 1 aliphatic carbocycles. The van der Waals surface area contributed by atoms with E-state index in [0.717, 1.165) is 26.1 Å². The van der Waals surface area contributed by atoms with E-state index in [4.69, 9.17) is 4.99 Å². The first-order valence-corrected chi connectivity index (χ1v) is 13.5. The summed E-state index contributed by atoms with van der Waals surface area (Å²) in [6, 6.07) is 5.02. The van der Waals surface area contributed by atoms with Gasteiger partial charge in [0.15, 0.2) is 0 Å². The molecule has 4 rings (SSSR count). The summed E-state index contributed by atoms with van der Waals surface area (Å²) in [7, 11) is 11.8.